The predicted octanol–water partition coefficient (Wildman–Crippen LogP) is 14.8. The Morgan fingerprint density at radius 3 is 1.40 bits per heavy atom. The number of hydrogen-bond acceptors (Lipinski definition) is 4. The Morgan fingerprint density at radius 1 is 0.383 bits per heavy atom. The molecule has 11 aromatic rings. The number of aromatic nitrogens is 3. The van der Waals surface area contributed by atoms with E-state index in [4.69, 9.17) is 4.98 Å². The number of hydrogen-bond donors (Lipinski definition) is 0. The van der Waals surface area contributed by atoms with Gasteiger partial charge < -0.3 is 14.4 Å². The molecule has 0 atom stereocenters. The molecule has 284 valence electrons. The fourth-order valence-corrected chi connectivity index (χ4v) is 8.72. The molecule has 3 heterocycles. The molecular formula is C55H39N5. The van der Waals surface area contributed by atoms with Crippen LogP contribution in [0.25, 0.3) is 60.4 Å². The molecule has 3 aromatic heterocycles. The lowest BCUT2D eigenvalue weighted by atomic mass is 10.0. The van der Waals surface area contributed by atoms with Gasteiger partial charge in [0.05, 0.1) is 22.1 Å². The molecule has 0 aliphatic heterocycles. The minimum Gasteiger partial charge on any atom is -0.310 e. The third-order valence-electron chi connectivity index (χ3n) is 11.5. The second kappa shape index (κ2) is 14.7. The van der Waals surface area contributed by atoms with Gasteiger partial charge in [-0.2, -0.15) is 0 Å². The Kier molecular flexibility index (Phi) is 8.63. The molecule has 0 radical (unpaired) electrons. The fourth-order valence-electron chi connectivity index (χ4n) is 8.72. The molecule has 5 heteroatoms. The Balaban J connectivity index is 1.10. The summed E-state index contributed by atoms with van der Waals surface area (Å²) in [7, 11) is 0. The van der Waals surface area contributed by atoms with E-state index in [1.54, 1.807) is 0 Å². The smallest absolute Gasteiger partial charge is 0.0964 e. The van der Waals surface area contributed by atoms with Crippen LogP contribution in [0.2, 0.25) is 0 Å². The lowest BCUT2D eigenvalue weighted by Gasteiger charge is -2.26. The van der Waals surface area contributed by atoms with Gasteiger partial charge in [-0.05, 0) is 127 Å². The normalized spacial score (nSPS) is 11.4. The summed E-state index contributed by atoms with van der Waals surface area (Å²) >= 11 is 0. The predicted molar refractivity (Wildman–Crippen MR) is 251 cm³/mol. The molecule has 0 saturated heterocycles. The number of para-hydroxylation sites is 4. The number of anilines is 6. The highest BCUT2D eigenvalue weighted by atomic mass is 15.1. The van der Waals surface area contributed by atoms with Crippen molar-refractivity contribution in [3.63, 3.8) is 0 Å². The van der Waals surface area contributed by atoms with E-state index in [0.29, 0.717) is 0 Å². The molecule has 60 heavy (non-hydrogen) atoms. The molecule has 0 N–H and O–H groups in total. The average Bonchev–Trinajstić information content (AvgIpc) is 3.63. The molecule has 8 aromatic carbocycles. The number of nitrogens with zero attached hydrogens (tertiary/aromatic N) is 5. The minimum absolute atomic E-state index is 0.922. The van der Waals surface area contributed by atoms with E-state index in [2.05, 4.69) is 226 Å². The zero-order valence-corrected chi connectivity index (χ0v) is 33.0. The summed E-state index contributed by atoms with van der Waals surface area (Å²) in [6.45, 7) is 2.21. The van der Waals surface area contributed by atoms with Gasteiger partial charge in [0.25, 0.3) is 0 Å². The molecule has 0 fully saturated rings. The summed E-state index contributed by atoms with van der Waals surface area (Å²) in [5.74, 6) is 0. The molecule has 0 saturated carbocycles. The summed E-state index contributed by atoms with van der Waals surface area (Å²) in [5.41, 5.74) is 15.2. The summed E-state index contributed by atoms with van der Waals surface area (Å²) in [6, 6.07) is 73.6. The van der Waals surface area contributed by atoms with Crippen molar-refractivity contribution < 1.29 is 0 Å². The highest BCUT2D eigenvalue weighted by Gasteiger charge is 2.21. The molecule has 5 nitrogen and oxygen atoms in total. The zero-order valence-electron chi connectivity index (χ0n) is 33.0. The number of pyridine rings is 2. The fraction of sp³-hybridized carbons (Fsp3) is 0.0182. The number of benzene rings is 8. The maximum atomic E-state index is 4.93. The molecule has 0 aliphatic carbocycles. The lowest BCUT2D eigenvalue weighted by molar-refractivity contribution is 1.15. The van der Waals surface area contributed by atoms with E-state index in [-0.39, 0.29) is 0 Å². The van der Waals surface area contributed by atoms with Gasteiger partial charge in [-0.25, -0.2) is 0 Å². The molecule has 0 aliphatic rings. The Hall–Kier alpha value is -8.02. The third kappa shape index (κ3) is 6.12. The van der Waals surface area contributed by atoms with E-state index in [0.717, 1.165) is 83.8 Å². The van der Waals surface area contributed by atoms with Crippen LogP contribution in [-0.4, -0.2) is 14.5 Å². The first-order valence-corrected chi connectivity index (χ1v) is 20.3. The van der Waals surface area contributed by atoms with Crippen molar-refractivity contribution in [2.24, 2.45) is 0 Å². The molecular weight excluding hydrogens is 731 g/mol. The van der Waals surface area contributed by atoms with Gasteiger partial charge in [0.2, 0.25) is 0 Å². The van der Waals surface area contributed by atoms with E-state index >= 15 is 0 Å². The highest BCUT2D eigenvalue weighted by molar-refractivity contribution is 6.12. The maximum Gasteiger partial charge on any atom is 0.0964 e. The summed E-state index contributed by atoms with van der Waals surface area (Å²) in [5, 5.41) is 4.52. The van der Waals surface area contributed by atoms with Gasteiger partial charge in [-0.15, -0.1) is 0 Å². The van der Waals surface area contributed by atoms with E-state index < -0.39 is 0 Å². The SMILES string of the molecule is Cc1cc(-c2cnc3c(ccc4cccnc43)c2)ccc1-n1c2ccc(N(c3ccccc3)c3ccccc3)cc2c2cc(N(c3ccccc3)c3ccccc3)ccc21. The minimum atomic E-state index is 0.922. The largest absolute Gasteiger partial charge is 0.310 e. The van der Waals surface area contributed by atoms with Crippen molar-refractivity contribution in [2.75, 3.05) is 9.80 Å². The lowest BCUT2D eigenvalue weighted by Crippen LogP contribution is -2.09. The molecule has 11 rings (SSSR count). The van der Waals surface area contributed by atoms with Crippen LogP contribution >= 0.6 is 0 Å². The van der Waals surface area contributed by atoms with E-state index in [9.17, 15) is 0 Å². The first-order chi connectivity index (χ1) is 29.7. The quantitative estimate of drug-likeness (QED) is 0.144. The van der Waals surface area contributed by atoms with Crippen molar-refractivity contribution in [3.8, 4) is 16.8 Å². The van der Waals surface area contributed by atoms with Crippen LogP contribution in [0, 0.1) is 6.92 Å². The Labute approximate surface area is 348 Å². The molecule has 0 bridgehead atoms. The van der Waals surface area contributed by atoms with E-state index in [1.165, 1.54) is 16.3 Å². The first-order valence-electron chi connectivity index (χ1n) is 20.3. The summed E-state index contributed by atoms with van der Waals surface area (Å²) in [6.07, 6.45) is 3.81. The number of fused-ring (bicyclic) bond motifs is 6. The van der Waals surface area contributed by atoms with Crippen LogP contribution in [0.3, 0.4) is 0 Å². The van der Waals surface area contributed by atoms with Gasteiger partial charge in [0.15, 0.2) is 0 Å². The van der Waals surface area contributed by atoms with Crippen LogP contribution in [0.1, 0.15) is 5.56 Å². The molecule has 0 spiro atoms. The average molecular weight is 770 g/mol. The van der Waals surface area contributed by atoms with Crippen LogP contribution in [-0.2, 0) is 0 Å². The van der Waals surface area contributed by atoms with Crippen LogP contribution in [0.4, 0.5) is 34.1 Å². The van der Waals surface area contributed by atoms with Crippen molar-refractivity contribution in [3.05, 3.63) is 224 Å². The van der Waals surface area contributed by atoms with Crippen LogP contribution in [0.5, 0.6) is 0 Å². The maximum absolute atomic E-state index is 4.93. The second-order valence-corrected chi connectivity index (χ2v) is 15.2. The number of aryl methyl sites for hydroxylation is 1. The first kappa shape index (κ1) is 35.2. The van der Waals surface area contributed by atoms with Gasteiger partial charge in [0, 0.05) is 79.3 Å². The molecule has 0 unspecified atom stereocenters. The Morgan fingerprint density at radius 2 is 0.883 bits per heavy atom. The number of rotatable bonds is 8. The van der Waals surface area contributed by atoms with Crippen molar-refractivity contribution >= 4 is 77.7 Å². The van der Waals surface area contributed by atoms with Crippen molar-refractivity contribution in [2.45, 2.75) is 6.92 Å². The van der Waals surface area contributed by atoms with Crippen molar-refractivity contribution in [1.82, 2.24) is 14.5 Å². The van der Waals surface area contributed by atoms with Gasteiger partial charge in [-0.1, -0.05) is 97.1 Å². The van der Waals surface area contributed by atoms with Crippen LogP contribution in [0.15, 0.2) is 219 Å². The summed E-state index contributed by atoms with van der Waals surface area (Å²) in [4.78, 5) is 14.2. The van der Waals surface area contributed by atoms with Gasteiger partial charge >= 0.3 is 0 Å². The molecule has 0 amide bonds. The van der Waals surface area contributed by atoms with Crippen molar-refractivity contribution in [1.29, 1.82) is 0 Å². The third-order valence-corrected chi connectivity index (χ3v) is 11.5. The monoisotopic (exact) mass is 769 g/mol. The van der Waals surface area contributed by atoms with Crippen LogP contribution < -0.4 is 9.80 Å². The van der Waals surface area contributed by atoms with Gasteiger partial charge in [-0.3, -0.25) is 9.97 Å². The Bertz CT molecular complexity index is 3110. The topological polar surface area (TPSA) is 37.2 Å². The van der Waals surface area contributed by atoms with E-state index in [1.807, 2.05) is 18.5 Å². The highest BCUT2D eigenvalue weighted by Crippen LogP contribution is 2.43. The standard InChI is InChI=1S/C55H39N5/c1-38-33-40(42-34-41-25-24-39-15-14-32-56-54(39)55(41)57-37-42)26-29-51(38)60-52-30-27-47(58(43-16-6-2-7-17-43)44-18-8-3-9-19-44)35-49(52)50-36-48(28-31-53(50)60)59(45-20-10-4-11-21-45)46-22-12-5-13-23-46/h2-37H,1H3. The summed E-state index contributed by atoms with van der Waals surface area (Å²) < 4.78 is 2.43. The zero-order chi connectivity index (χ0) is 40.0. The van der Waals surface area contributed by atoms with Gasteiger partial charge in [0.1, 0.15) is 0 Å². The second-order valence-electron chi connectivity index (χ2n) is 15.2.